The Bertz CT molecular complexity index is 538. The van der Waals surface area contributed by atoms with Crippen LogP contribution in [0.4, 0.5) is 0 Å². The fourth-order valence-corrected chi connectivity index (χ4v) is 2.57. The summed E-state index contributed by atoms with van der Waals surface area (Å²) in [7, 11) is 3.36. The van der Waals surface area contributed by atoms with Gasteiger partial charge in [0.15, 0.2) is 18.1 Å². The van der Waals surface area contributed by atoms with Gasteiger partial charge in [-0.1, -0.05) is 12.1 Å². The maximum Gasteiger partial charge on any atom is 0.260 e. The standard InChI is InChI=1S/C18H25NO4/c1-4-6-14-8-9-16(17(11-14)21-3)23-13-18(20)19(2)12-15-7-5-10-22-15/h4,8-9,11,15H,1,5-7,10,12-13H2,2-3H3. The van der Waals surface area contributed by atoms with Gasteiger partial charge in [-0.25, -0.2) is 0 Å². The molecule has 0 bridgehead atoms. The van der Waals surface area contributed by atoms with Gasteiger partial charge in [-0.2, -0.15) is 0 Å². The number of nitrogens with zero attached hydrogens (tertiary/aromatic N) is 1. The van der Waals surface area contributed by atoms with E-state index < -0.39 is 0 Å². The van der Waals surface area contributed by atoms with E-state index in [0.717, 1.165) is 31.4 Å². The van der Waals surface area contributed by atoms with Crippen LogP contribution in [-0.4, -0.2) is 50.8 Å². The molecule has 0 N–H and O–H groups in total. The third-order valence-electron chi connectivity index (χ3n) is 3.89. The summed E-state index contributed by atoms with van der Waals surface area (Å²) in [6.07, 6.45) is 4.82. The lowest BCUT2D eigenvalue weighted by Gasteiger charge is -2.21. The fraction of sp³-hybridized carbons (Fsp3) is 0.500. The first-order chi connectivity index (χ1) is 11.1. The smallest absolute Gasteiger partial charge is 0.260 e. The van der Waals surface area contributed by atoms with Gasteiger partial charge in [0.05, 0.1) is 13.2 Å². The number of ether oxygens (including phenoxy) is 3. The molecule has 5 heteroatoms. The van der Waals surface area contributed by atoms with Crippen LogP contribution in [0, 0.1) is 0 Å². The normalized spacial score (nSPS) is 16.9. The maximum absolute atomic E-state index is 12.2. The van der Waals surface area contributed by atoms with Gasteiger partial charge in [0.25, 0.3) is 5.91 Å². The van der Waals surface area contributed by atoms with E-state index in [9.17, 15) is 4.79 Å². The van der Waals surface area contributed by atoms with Crippen molar-refractivity contribution in [1.82, 2.24) is 4.90 Å². The Labute approximate surface area is 137 Å². The lowest BCUT2D eigenvalue weighted by Crippen LogP contribution is -2.37. The lowest BCUT2D eigenvalue weighted by molar-refractivity contribution is -0.133. The lowest BCUT2D eigenvalue weighted by atomic mass is 10.1. The Hall–Kier alpha value is -2.01. The number of amides is 1. The van der Waals surface area contributed by atoms with E-state index in [2.05, 4.69) is 6.58 Å². The minimum Gasteiger partial charge on any atom is -0.493 e. The van der Waals surface area contributed by atoms with E-state index in [0.29, 0.717) is 18.0 Å². The van der Waals surface area contributed by atoms with Crippen LogP contribution >= 0.6 is 0 Å². The Balaban J connectivity index is 1.88. The number of likely N-dealkylation sites (N-methyl/N-ethyl adjacent to an activating group) is 1. The zero-order valence-electron chi connectivity index (χ0n) is 13.9. The van der Waals surface area contributed by atoms with Crippen molar-refractivity contribution in [3.8, 4) is 11.5 Å². The van der Waals surface area contributed by atoms with Crippen molar-refractivity contribution in [1.29, 1.82) is 0 Å². The SMILES string of the molecule is C=CCc1ccc(OCC(=O)N(C)CC2CCCO2)c(OC)c1. The highest BCUT2D eigenvalue weighted by molar-refractivity contribution is 5.77. The fourth-order valence-electron chi connectivity index (χ4n) is 2.57. The Kier molecular flexibility index (Phi) is 6.47. The molecule has 126 valence electrons. The molecule has 1 unspecified atom stereocenters. The van der Waals surface area contributed by atoms with E-state index in [1.54, 1.807) is 19.1 Å². The van der Waals surface area contributed by atoms with E-state index in [1.807, 2.05) is 24.3 Å². The molecule has 2 rings (SSSR count). The minimum absolute atomic E-state index is 0.0135. The van der Waals surface area contributed by atoms with Crippen LogP contribution in [0.15, 0.2) is 30.9 Å². The summed E-state index contributed by atoms with van der Waals surface area (Å²) in [5.74, 6) is 1.12. The number of carbonyl (C=O) groups is 1. The molecule has 1 aliphatic rings. The predicted octanol–water partition coefficient (Wildman–Crippen LogP) is 2.44. The van der Waals surface area contributed by atoms with Gasteiger partial charge < -0.3 is 19.1 Å². The van der Waals surface area contributed by atoms with E-state index in [-0.39, 0.29) is 18.6 Å². The largest absolute Gasteiger partial charge is 0.493 e. The second-order valence-electron chi connectivity index (χ2n) is 5.68. The molecule has 0 radical (unpaired) electrons. The third kappa shape index (κ3) is 4.99. The number of rotatable bonds is 8. The minimum atomic E-state index is -0.0716. The van der Waals surface area contributed by atoms with Gasteiger partial charge in [0.2, 0.25) is 0 Å². The van der Waals surface area contributed by atoms with E-state index >= 15 is 0 Å². The predicted molar refractivity (Wildman–Crippen MR) is 89.0 cm³/mol. The molecule has 1 saturated heterocycles. The third-order valence-corrected chi connectivity index (χ3v) is 3.89. The van der Waals surface area contributed by atoms with Crippen LogP contribution < -0.4 is 9.47 Å². The Morgan fingerprint density at radius 3 is 2.96 bits per heavy atom. The number of allylic oxidation sites excluding steroid dienone is 1. The molecule has 1 aliphatic heterocycles. The quantitative estimate of drug-likeness (QED) is 0.691. The molecule has 23 heavy (non-hydrogen) atoms. The zero-order chi connectivity index (χ0) is 16.7. The highest BCUT2D eigenvalue weighted by Gasteiger charge is 2.20. The van der Waals surface area contributed by atoms with Gasteiger partial charge in [0.1, 0.15) is 0 Å². The van der Waals surface area contributed by atoms with Crippen molar-refractivity contribution >= 4 is 5.91 Å². The number of hydrogen-bond donors (Lipinski definition) is 0. The van der Waals surface area contributed by atoms with E-state index in [1.165, 1.54) is 0 Å². The Morgan fingerprint density at radius 2 is 2.30 bits per heavy atom. The molecular weight excluding hydrogens is 294 g/mol. The van der Waals surface area contributed by atoms with Crippen molar-refractivity contribution in [2.75, 3.05) is 33.9 Å². The van der Waals surface area contributed by atoms with Crippen LogP contribution in [0.2, 0.25) is 0 Å². The second-order valence-corrected chi connectivity index (χ2v) is 5.68. The van der Waals surface area contributed by atoms with Crippen molar-refractivity contribution in [2.45, 2.75) is 25.4 Å². The van der Waals surface area contributed by atoms with E-state index in [4.69, 9.17) is 14.2 Å². The van der Waals surface area contributed by atoms with Gasteiger partial charge in [0, 0.05) is 20.2 Å². The molecule has 1 aromatic carbocycles. The molecule has 1 heterocycles. The molecule has 1 aromatic rings. The number of hydrogen-bond acceptors (Lipinski definition) is 4. The molecule has 1 amide bonds. The number of carbonyl (C=O) groups excluding carboxylic acids is 1. The topological polar surface area (TPSA) is 48.0 Å². The van der Waals surface area contributed by atoms with Gasteiger partial charge in [-0.3, -0.25) is 4.79 Å². The monoisotopic (exact) mass is 319 g/mol. The van der Waals surface area contributed by atoms with Crippen molar-refractivity contribution < 1.29 is 19.0 Å². The average molecular weight is 319 g/mol. The van der Waals surface area contributed by atoms with Gasteiger partial charge in [-0.05, 0) is 37.0 Å². The Morgan fingerprint density at radius 1 is 1.48 bits per heavy atom. The molecule has 1 atom stereocenters. The molecule has 0 aromatic heterocycles. The van der Waals surface area contributed by atoms with Crippen LogP contribution in [0.5, 0.6) is 11.5 Å². The van der Waals surface area contributed by atoms with Crippen LogP contribution in [0.1, 0.15) is 18.4 Å². The highest BCUT2D eigenvalue weighted by Crippen LogP contribution is 2.28. The number of benzene rings is 1. The van der Waals surface area contributed by atoms with Crippen molar-refractivity contribution in [3.63, 3.8) is 0 Å². The molecule has 0 aliphatic carbocycles. The summed E-state index contributed by atoms with van der Waals surface area (Å²) in [5.41, 5.74) is 1.09. The first-order valence-electron chi connectivity index (χ1n) is 7.90. The average Bonchev–Trinajstić information content (AvgIpc) is 3.06. The first-order valence-corrected chi connectivity index (χ1v) is 7.90. The molecule has 5 nitrogen and oxygen atoms in total. The van der Waals surface area contributed by atoms with Gasteiger partial charge >= 0.3 is 0 Å². The maximum atomic E-state index is 12.2. The molecule has 0 spiro atoms. The molecule has 0 saturated carbocycles. The van der Waals surface area contributed by atoms with Crippen LogP contribution in [-0.2, 0) is 16.0 Å². The van der Waals surface area contributed by atoms with Crippen molar-refractivity contribution in [2.24, 2.45) is 0 Å². The summed E-state index contributed by atoms with van der Waals surface area (Å²) in [5, 5.41) is 0. The summed E-state index contributed by atoms with van der Waals surface area (Å²) >= 11 is 0. The van der Waals surface area contributed by atoms with Crippen LogP contribution in [0.25, 0.3) is 0 Å². The molecular formula is C18H25NO4. The first kappa shape index (κ1) is 17.3. The molecule has 1 fully saturated rings. The van der Waals surface area contributed by atoms with Crippen molar-refractivity contribution in [3.05, 3.63) is 36.4 Å². The zero-order valence-corrected chi connectivity index (χ0v) is 13.9. The summed E-state index contributed by atoms with van der Waals surface area (Å²) in [6.45, 7) is 5.11. The van der Waals surface area contributed by atoms with Gasteiger partial charge in [-0.15, -0.1) is 6.58 Å². The van der Waals surface area contributed by atoms with Crippen LogP contribution in [0.3, 0.4) is 0 Å². The number of methoxy groups -OCH3 is 1. The summed E-state index contributed by atoms with van der Waals surface area (Å²) in [4.78, 5) is 13.8. The highest BCUT2D eigenvalue weighted by atomic mass is 16.5. The summed E-state index contributed by atoms with van der Waals surface area (Å²) in [6, 6.07) is 5.67. The summed E-state index contributed by atoms with van der Waals surface area (Å²) < 4.78 is 16.5. The second kappa shape index (κ2) is 8.58.